The van der Waals surface area contributed by atoms with E-state index in [1.807, 2.05) is 20.8 Å². The Bertz CT molecular complexity index is 483. The van der Waals surface area contributed by atoms with Gasteiger partial charge in [-0.2, -0.15) is 0 Å². The molecular formula is C16H22O4. The minimum atomic E-state index is -0.487. The van der Waals surface area contributed by atoms with Crippen molar-refractivity contribution in [1.29, 1.82) is 0 Å². The monoisotopic (exact) mass is 278 g/mol. The molecule has 110 valence electrons. The van der Waals surface area contributed by atoms with E-state index in [0.29, 0.717) is 0 Å². The Labute approximate surface area is 120 Å². The van der Waals surface area contributed by atoms with Crippen molar-refractivity contribution in [3.63, 3.8) is 0 Å². The normalized spacial score (nSPS) is 11.3. The van der Waals surface area contributed by atoms with Gasteiger partial charge in [0.25, 0.3) is 0 Å². The van der Waals surface area contributed by atoms with Crippen LogP contribution in [-0.4, -0.2) is 18.0 Å². The minimum Gasteiger partial charge on any atom is -0.459 e. The highest BCUT2D eigenvalue weighted by atomic mass is 16.6. The van der Waals surface area contributed by atoms with Gasteiger partial charge < -0.3 is 9.47 Å². The number of hydrogen-bond donors (Lipinski definition) is 0. The molecule has 1 rings (SSSR count). The van der Waals surface area contributed by atoms with Crippen LogP contribution in [0.2, 0.25) is 0 Å². The summed E-state index contributed by atoms with van der Waals surface area (Å²) in [6, 6.07) is 6.60. The molecule has 20 heavy (non-hydrogen) atoms. The van der Waals surface area contributed by atoms with Crippen LogP contribution in [0.1, 0.15) is 51.4 Å². The summed E-state index contributed by atoms with van der Waals surface area (Å²) in [5.74, 6) is -0.603. The van der Waals surface area contributed by atoms with Crippen molar-refractivity contribution in [3.8, 4) is 5.75 Å². The molecule has 0 aliphatic carbocycles. The van der Waals surface area contributed by atoms with Crippen LogP contribution in [0.25, 0.3) is 0 Å². The summed E-state index contributed by atoms with van der Waals surface area (Å²) in [4.78, 5) is 23.8. The molecule has 0 amide bonds. The van der Waals surface area contributed by atoms with Gasteiger partial charge in [-0.1, -0.05) is 32.9 Å². The molecule has 0 heterocycles. The van der Waals surface area contributed by atoms with Gasteiger partial charge in [0, 0.05) is 0 Å². The number of hydrogen-bond acceptors (Lipinski definition) is 4. The average Bonchev–Trinajstić information content (AvgIpc) is 2.25. The summed E-state index contributed by atoms with van der Waals surface area (Å²) in [5, 5.41) is 0. The third-order valence-corrected chi connectivity index (χ3v) is 2.35. The lowest BCUT2D eigenvalue weighted by Gasteiger charge is -2.17. The summed E-state index contributed by atoms with van der Waals surface area (Å²) >= 11 is 0. The number of esters is 2. The maximum atomic E-state index is 11.9. The molecule has 0 N–H and O–H groups in total. The van der Waals surface area contributed by atoms with Crippen molar-refractivity contribution in [2.24, 2.45) is 5.41 Å². The van der Waals surface area contributed by atoms with Gasteiger partial charge in [0.15, 0.2) is 0 Å². The molecule has 0 spiro atoms. The van der Waals surface area contributed by atoms with E-state index in [9.17, 15) is 9.59 Å². The van der Waals surface area contributed by atoms with Gasteiger partial charge in [0.05, 0.1) is 12.5 Å². The number of para-hydroxylation sites is 1. The quantitative estimate of drug-likeness (QED) is 0.624. The van der Waals surface area contributed by atoms with Crippen molar-refractivity contribution in [2.45, 2.75) is 47.1 Å². The predicted molar refractivity (Wildman–Crippen MR) is 76.7 cm³/mol. The van der Waals surface area contributed by atoms with E-state index in [0.717, 1.165) is 0 Å². The van der Waals surface area contributed by atoms with E-state index in [2.05, 4.69) is 0 Å². The van der Waals surface area contributed by atoms with Crippen molar-refractivity contribution in [2.75, 3.05) is 0 Å². The third kappa shape index (κ3) is 5.43. The molecular weight excluding hydrogens is 256 g/mol. The average molecular weight is 278 g/mol. The minimum absolute atomic E-state index is 0.162. The zero-order chi connectivity index (χ0) is 15.3. The van der Waals surface area contributed by atoms with E-state index in [-0.39, 0.29) is 35.2 Å². The molecule has 0 saturated heterocycles. The first-order valence-corrected chi connectivity index (χ1v) is 6.70. The first-order chi connectivity index (χ1) is 9.19. The zero-order valence-electron chi connectivity index (χ0n) is 12.7. The molecule has 0 bridgehead atoms. The molecule has 4 nitrogen and oxygen atoms in total. The molecule has 0 aliphatic rings. The van der Waals surface area contributed by atoms with E-state index < -0.39 is 5.97 Å². The lowest BCUT2D eigenvalue weighted by Crippen LogP contribution is -2.19. The first kappa shape index (κ1) is 16.2. The molecule has 0 atom stereocenters. The fraction of sp³-hybridized carbons (Fsp3) is 0.500. The summed E-state index contributed by atoms with van der Waals surface area (Å²) in [6.45, 7) is 9.39. The fourth-order valence-electron chi connectivity index (χ4n) is 1.59. The van der Waals surface area contributed by atoms with Gasteiger partial charge in [0.1, 0.15) is 11.3 Å². The van der Waals surface area contributed by atoms with E-state index >= 15 is 0 Å². The highest BCUT2D eigenvalue weighted by molar-refractivity contribution is 5.93. The number of ether oxygens (including phenoxy) is 2. The SMILES string of the molecule is CC(C)OC(=O)c1ccccc1OC(=O)CC(C)(C)C. The summed E-state index contributed by atoms with van der Waals surface area (Å²) in [5.41, 5.74) is 0.105. The third-order valence-electron chi connectivity index (χ3n) is 2.35. The number of benzene rings is 1. The summed E-state index contributed by atoms with van der Waals surface area (Å²) < 4.78 is 10.4. The van der Waals surface area contributed by atoms with Gasteiger partial charge in [-0.15, -0.1) is 0 Å². The zero-order valence-corrected chi connectivity index (χ0v) is 12.7. The van der Waals surface area contributed by atoms with E-state index in [4.69, 9.17) is 9.47 Å². The first-order valence-electron chi connectivity index (χ1n) is 6.70. The molecule has 0 radical (unpaired) electrons. The van der Waals surface area contributed by atoms with Crippen molar-refractivity contribution < 1.29 is 19.1 Å². The van der Waals surface area contributed by atoms with Crippen LogP contribution in [-0.2, 0) is 9.53 Å². The van der Waals surface area contributed by atoms with Gasteiger partial charge in [-0.3, -0.25) is 4.79 Å². The summed E-state index contributed by atoms with van der Waals surface area (Å²) in [6.07, 6.45) is 0.0569. The molecule has 0 aliphatic heterocycles. The van der Waals surface area contributed by atoms with Crippen LogP contribution in [0.3, 0.4) is 0 Å². The molecule has 0 fully saturated rings. The molecule has 4 heteroatoms. The van der Waals surface area contributed by atoms with E-state index in [1.165, 1.54) is 0 Å². The predicted octanol–water partition coefficient (Wildman–Crippen LogP) is 3.59. The Hall–Kier alpha value is -1.84. The second kappa shape index (κ2) is 6.55. The van der Waals surface area contributed by atoms with Gasteiger partial charge in [-0.25, -0.2) is 4.79 Å². The van der Waals surface area contributed by atoms with Crippen molar-refractivity contribution in [1.82, 2.24) is 0 Å². The van der Waals surface area contributed by atoms with Crippen LogP contribution in [0, 0.1) is 5.41 Å². The van der Waals surface area contributed by atoms with Gasteiger partial charge >= 0.3 is 11.9 Å². The topological polar surface area (TPSA) is 52.6 Å². The van der Waals surface area contributed by atoms with Crippen molar-refractivity contribution >= 4 is 11.9 Å². The van der Waals surface area contributed by atoms with Crippen LogP contribution >= 0.6 is 0 Å². The van der Waals surface area contributed by atoms with Gasteiger partial charge in [0.2, 0.25) is 0 Å². The molecule has 0 unspecified atom stereocenters. The molecule has 1 aromatic rings. The van der Waals surface area contributed by atoms with Crippen LogP contribution < -0.4 is 4.74 Å². The summed E-state index contributed by atoms with van der Waals surface area (Å²) in [7, 11) is 0. The Kier molecular flexibility index (Phi) is 5.31. The smallest absolute Gasteiger partial charge is 0.342 e. The molecule has 0 saturated carbocycles. The maximum absolute atomic E-state index is 11.9. The second-order valence-electron chi connectivity index (χ2n) is 6.16. The molecule has 0 aromatic heterocycles. The van der Waals surface area contributed by atoms with Gasteiger partial charge in [-0.05, 0) is 31.4 Å². The van der Waals surface area contributed by atoms with Crippen LogP contribution in [0.4, 0.5) is 0 Å². The largest absolute Gasteiger partial charge is 0.459 e. The fourth-order valence-corrected chi connectivity index (χ4v) is 1.59. The number of carbonyl (C=O) groups is 2. The Morgan fingerprint density at radius 2 is 1.75 bits per heavy atom. The lowest BCUT2D eigenvalue weighted by molar-refractivity contribution is -0.136. The van der Waals surface area contributed by atoms with E-state index in [1.54, 1.807) is 38.1 Å². The maximum Gasteiger partial charge on any atom is 0.342 e. The number of rotatable bonds is 4. The molecule has 1 aromatic carbocycles. The lowest BCUT2D eigenvalue weighted by atomic mass is 9.92. The highest BCUT2D eigenvalue weighted by Gasteiger charge is 2.21. The standard InChI is InChI=1S/C16H22O4/c1-11(2)19-15(18)12-8-6-7-9-13(12)20-14(17)10-16(3,4)5/h6-9,11H,10H2,1-5H3. The second-order valence-corrected chi connectivity index (χ2v) is 6.16. The Balaban J connectivity index is 2.86. The van der Waals surface area contributed by atoms with Crippen LogP contribution in [0.5, 0.6) is 5.75 Å². The Morgan fingerprint density at radius 3 is 2.30 bits per heavy atom. The van der Waals surface area contributed by atoms with Crippen LogP contribution in [0.15, 0.2) is 24.3 Å². The van der Waals surface area contributed by atoms with Crippen molar-refractivity contribution in [3.05, 3.63) is 29.8 Å². The Morgan fingerprint density at radius 1 is 1.15 bits per heavy atom. The highest BCUT2D eigenvalue weighted by Crippen LogP contribution is 2.23. The number of carbonyl (C=O) groups excluding carboxylic acids is 2.